The molecular weight excluding hydrogens is 198 g/mol. The average molecular weight is 208 g/mol. The Morgan fingerprint density at radius 3 is 1.33 bits per heavy atom. The van der Waals surface area contributed by atoms with Gasteiger partial charge in [0.15, 0.2) is 0 Å². The molecule has 0 saturated carbocycles. The highest BCUT2D eigenvalue weighted by Gasteiger charge is 1.86. The highest BCUT2D eigenvalue weighted by molar-refractivity contribution is 5.18. The Hall–Kier alpha value is -1.90. The molecular formula is C12H10F2O. The van der Waals surface area contributed by atoms with E-state index in [0.717, 1.165) is 24.3 Å². The van der Waals surface area contributed by atoms with Crippen molar-refractivity contribution < 1.29 is 13.9 Å². The van der Waals surface area contributed by atoms with Gasteiger partial charge in [0.05, 0.1) is 0 Å². The largest absolute Gasteiger partial charge is 0.508 e. The predicted molar refractivity (Wildman–Crippen MR) is 54.5 cm³/mol. The summed E-state index contributed by atoms with van der Waals surface area (Å²) >= 11 is 0. The van der Waals surface area contributed by atoms with Crippen LogP contribution in [0.1, 0.15) is 0 Å². The maximum absolute atomic E-state index is 11.9. The molecule has 0 fully saturated rings. The van der Waals surface area contributed by atoms with Gasteiger partial charge in [0.2, 0.25) is 0 Å². The summed E-state index contributed by atoms with van der Waals surface area (Å²) in [6.45, 7) is 0. The summed E-state index contributed by atoms with van der Waals surface area (Å²) in [5.41, 5.74) is 0. The third-order valence-corrected chi connectivity index (χ3v) is 1.56. The molecule has 1 nitrogen and oxygen atoms in total. The standard InChI is InChI=1S/C6H4F2.C6H6O/c7-5-1-2-6(8)4-3-5;7-6-4-2-1-3-5-6/h1-4H;1-5,7H. The lowest BCUT2D eigenvalue weighted by molar-refractivity contribution is 0.475. The minimum absolute atomic E-state index is 0.322. The van der Waals surface area contributed by atoms with Crippen LogP contribution in [0.25, 0.3) is 0 Å². The van der Waals surface area contributed by atoms with Crippen molar-refractivity contribution in [3.8, 4) is 5.75 Å². The van der Waals surface area contributed by atoms with E-state index in [4.69, 9.17) is 5.11 Å². The quantitative estimate of drug-likeness (QED) is 0.703. The second kappa shape index (κ2) is 5.75. The van der Waals surface area contributed by atoms with Crippen LogP contribution in [0.15, 0.2) is 54.6 Å². The maximum atomic E-state index is 11.9. The Morgan fingerprint density at radius 1 is 0.667 bits per heavy atom. The normalized spacial score (nSPS) is 8.93. The Kier molecular flexibility index (Phi) is 4.29. The monoisotopic (exact) mass is 208 g/mol. The third kappa shape index (κ3) is 4.76. The summed E-state index contributed by atoms with van der Waals surface area (Å²) in [6, 6.07) is 13.0. The van der Waals surface area contributed by atoms with Gasteiger partial charge in [0, 0.05) is 0 Å². The molecule has 0 spiro atoms. The number of aromatic hydroxyl groups is 1. The molecule has 0 aromatic heterocycles. The fourth-order valence-corrected chi connectivity index (χ4v) is 0.858. The van der Waals surface area contributed by atoms with Crippen molar-refractivity contribution in [2.24, 2.45) is 0 Å². The molecule has 1 N–H and O–H groups in total. The molecule has 15 heavy (non-hydrogen) atoms. The summed E-state index contributed by atoms with van der Waals surface area (Å²) < 4.78 is 23.8. The molecule has 3 heteroatoms. The number of hydrogen-bond donors (Lipinski definition) is 1. The molecule has 0 heterocycles. The van der Waals surface area contributed by atoms with Crippen LogP contribution in [-0.2, 0) is 0 Å². The van der Waals surface area contributed by atoms with Crippen LogP contribution in [0.3, 0.4) is 0 Å². The second-order valence-corrected chi connectivity index (χ2v) is 2.77. The summed E-state index contributed by atoms with van der Waals surface area (Å²) in [6.07, 6.45) is 0. The molecule has 78 valence electrons. The zero-order chi connectivity index (χ0) is 11.1. The Labute approximate surface area is 86.6 Å². The van der Waals surface area contributed by atoms with E-state index in [-0.39, 0.29) is 0 Å². The zero-order valence-electron chi connectivity index (χ0n) is 7.90. The van der Waals surface area contributed by atoms with Crippen LogP contribution < -0.4 is 0 Å². The Morgan fingerprint density at radius 2 is 1.07 bits per heavy atom. The summed E-state index contributed by atoms with van der Waals surface area (Å²) in [7, 11) is 0. The van der Waals surface area contributed by atoms with Gasteiger partial charge >= 0.3 is 0 Å². The topological polar surface area (TPSA) is 20.2 Å². The van der Waals surface area contributed by atoms with Crippen LogP contribution in [0.2, 0.25) is 0 Å². The fraction of sp³-hybridized carbons (Fsp3) is 0. The van der Waals surface area contributed by atoms with Crippen molar-refractivity contribution in [2.75, 3.05) is 0 Å². The molecule has 2 aromatic rings. The smallest absolute Gasteiger partial charge is 0.123 e. The van der Waals surface area contributed by atoms with Gasteiger partial charge in [-0.2, -0.15) is 0 Å². The lowest BCUT2D eigenvalue weighted by Gasteiger charge is -1.83. The minimum Gasteiger partial charge on any atom is -0.508 e. The van der Waals surface area contributed by atoms with Gasteiger partial charge in [-0.3, -0.25) is 0 Å². The number of benzene rings is 2. The van der Waals surface area contributed by atoms with Crippen molar-refractivity contribution in [3.05, 3.63) is 66.2 Å². The molecule has 0 aliphatic rings. The molecule has 2 aromatic carbocycles. The SMILES string of the molecule is Fc1ccc(F)cc1.Oc1ccccc1. The average Bonchev–Trinajstić information content (AvgIpc) is 2.25. The van der Waals surface area contributed by atoms with Crippen LogP contribution in [-0.4, -0.2) is 5.11 Å². The summed E-state index contributed by atoms with van der Waals surface area (Å²) in [5, 5.41) is 8.63. The molecule has 2 rings (SSSR count). The number of rotatable bonds is 0. The Balaban J connectivity index is 0.000000151. The highest BCUT2D eigenvalue weighted by atomic mass is 19.1. The third-order valence-electron chi connectivity index (χ3n) is 1.56. The molecule has 0 atom stereocenters. The van der Waals surface area contributed by atoms with E-state index >= 15 is 0 Å². The van der Waals surface area contributed by atoms with E-state index in [1.165, 1.54) is 0 Å². The van der Waals surface area contributed by atoms with Gasteiger partial charge in [-0.1, -0.05) is 18.2 Å². The zero-order valence-corrected chi connectivity index (χ0v) is 7.90. The molecule has 0 saturated heterocycles. The molecule has 0 aliphatic carbocycles. The minimum atomic E-state index is -0.411. The first-order valence-electron chi connectivity index (χ1n) is 4.33. The van der Waals surface area contributed by atoms with E-state index in [2.05, 4.69) is 0 Å². The summed E-state index contributed by atoms with van der Waals surface area (Å²) in [5.74, 6) is -0.500. The van der Waals surface area contributed by atoms with E-state index in [1.807, 2.05) is 6.07 Å². The first-order valence-corrected chi connectivity index (χ1v) is 4.33. The van der Waals surface area contributed by atoms with Crippen molar-refractivity contribution >= 4 is 0 Å². The van der Waals surface area contributed by atoms with Crippen molar-refractivity contribution in [2.45, 2.75) is 0 Å². The molecule has 0 amide bonds. The van der Waals surface area contributed by atoms with E-state index in [9.17, 15) is 8.78 Å². The van der Waals surface area contributed by atoms with E-state index in [1.54, 1.807) is 24.3 Å². The van der Waals surface area contributed by atoms with Gasteiger partial charge < -0.3 is 5.11 Å². The van der Waals surface area contributed by atoms with Gasteiger partial charge in [-0.15, -0.1) is 0 Å². The first kappa shape index (κ1) is 11.2. The van der Waals surface area contributed by atoms with E-state index < -0.39 is 11.6 Å². The van der Waals surface area contributed by atoms with Crippen molar-refractivity contribution in [1.29, 1.82) is 0 Å². The number of phenolic OH excluding ortho intramolecular Hbond substituents is 1. The van der Waals surface area contributed by atoms with Crippen molar-refractivity contribution in [1.82, 2.24) is 0 Å². The van der Waals surface area contributed by atoms with Crippen LogP contribution in [0.4, 0.5) is 8.78 Å². The van der Waals surface area contributed by atoms with Gasteiger partial charge in [-0.05, 0) is 36.4 Å². The number of hydrogen-bond acceptors (Lipinski definition) is 1. The lowest BCUT2D eigenvalue weighted by Crippen LogP contribution is -1.72. The predicted octanol–water partition coefficient (Wildman–Crippen LogP) is 3.36. The molecule has 0 radical (unpaired) electrons. The van der Waals surface area contributed by atoms with E-state index in [0.29, 0.717) is 5.75 Å². The molecule has 0 aliphatic heterocycles. The highest BCUT2D eigenvalue weighted by Crippen LogP contribution is 2.02. The van der Waals surface area contributed by atoms with Gasteiger partial charge in [0.1, 0.15) is 17.4 Å². The summed E-state index contributed by atoms with van der Waals surface area (Å²) in [4.78, 5) is 0. The van der Waals surface area contributed by atoms with Gasteiger partial charge in [-0.25, -0.2) is 8.78 Å². The van der Waals surface area contributed by atoms with Crippen molar-refractivity contribution in [3.63, 3.8) is 0 Å². The van der Waals surface area contributed by atoms with Crippen LogP contribution in [0, 0.1) is 11.6 Å². The molecule has 0 unspecified atom stereocenters. The fourth-order valence-electron chi connectivity index (χ4n) is 0.858. The number of halogens is 2. The van der Waals surface area contributed by atoms with Crippen LogP contribution in [0.5, 0.6) is 5.75 Å². The first-order chi connectivity index (χ1) is 7.18. The number of phenols is 1. The molecule has 0 bridgehead atoms. The second-order valence-electron chi connectivity index (χ2n) is 2.77. The number of para-hydroxylation sites is 1. The maximum Gasteiger partial charge on any atom is 0.123 e. The van der Waals surface area contributed by atoms with Crippen LogP contribution >= 0.6 is 0 Å². The lowest BCUT2D eigenvalue weighted by atomic mass is 10.3. The Bertz CT molecular complexity index is 363. The van der Waals surface area contributed by atoms with Gasteiger partial charge in [0.25, 0.3) is 0 Å².